The minimum absolute atomic E-state index is 0.140. The Labute approximate surface area is 97.9 Å². The van der Waals surface area contributed by atoms with E-state index in [1.165, 1.54) is 13.0 Å². The fraction of sp³-hybridized carbons (Fsp3) is 0.333. The predicted molar refractivity (Wildman–Crippen MR) is 61.0 cm³/mol. The molecule has 94 valence electrons. The summed E-state index contributed by atoms with van der Waals surface area (Å²) in [4.78, 5) is 9.91. The second kappa shape index (κ2) is 4.28. The second-order valence-corrected chi connectivity index (χ2v) is 5.57. The summed E-state index contributed by atoms with van der Waals surface area (Å²) in [6, 6.07) is 2.31. The molecule has 0 unspecified atom stereocenters. The molecular formula is C9H11FN2O4S. The highest BCUT2D eigenvalue weighted by molar-refractivity contribution is 7.92. The molecule has 1 aromatic carbocycles. The van der Waals surface area contributed by atoms with E-state index in [-0.39, 0.29) is 5.56 Å². The number of rotatable bonds is 3. The monoisotopic (exact) mass is 262 g/mol. The molecule has 0 fully saturated rings. The van der Waals surface area contributed by atoms with E-state index in [1.54, 1.807) is 0 Å². The number of nitro benzene ring substituents is 1. The Kier molecular flexibility index (Phi) is 3.37. The van der Waals surface area contributed by atoms with Crippen LogP contribution in [-0.2, 0) is 10.0 Å². The maximum Gasteiger partial charge on any atom is 0.296 e. The topological polar surface area (TPSA) is 80.5 Å². The lowest BCUT2D eigenvalue weighted by atomic mass is 10.2. The summed E-state index contributed by atoms with van der Waals surface area (Å²) in [6.45, 7) is 1.40. The van der Waals surface area contributed by atoms with Crippen LogP contribution in [0.4, 0.5) is 15.8 Å². The molecule has 0 heterocycles. The quantitative estimate of drug-likeness (QED) is 0.609. The van der Waals surface area contributed by atoms with E-state index in [2.05, 4.69) is 0 Å². The van der Waals surface area contributed by atoms with Crippen molar-refractivity contribution < 1.29 is 17.7 Å². The first-order valence-electron chi connectivity index (χ1n) is 4.53. The Morgan fingerprint density at radius 1 is 1.41 bits per heavy atom. The Morgan fingerprint density at radius 3 is 2.35 bits per heavy atom. The molecule has 0 spiro atoms. The summed E-state index contributed by atoms with van der Waals surface area (Å²) in [5, 5.41) is 10.7. The van der Waals surface area contributed by atoms with Gasteiger partial charge in [0.2, 0.25) is 10.0 Å². The highest BCUT2D eigenvalue weighted by Gasteiger charge is 2.27. The smallest absolute Gasteiger partial charge is 0.264 e. The van der Waals surface area contributed by atoms with Crippen molar-refractivity contribution in [2.24, 2.45) is 0 Å². The third-order valence-electron chi connectivity index (χ3n) is 2.30. The first-order valence-corrected chi connectivity index (χ1v) is 6.38. The average molecular weight is 262 g/mol. The van der Waals surface area contributed by atoms with Crippen LogP contribution in [0.2, 0.25) is 0 Å². The van der Waals surface area contributed by atoms with Crippen molar-refractivity contribution in [3.63, 3.8) is 0 Å². The Bertz CT molecular complexity index is 571. The molecule has 0 atom stereocenters. The lowest BCUT2D eigenvalue weighted by molar-refractivity contribution is -0.384. The van der Waals surface area contributed by atoms with Gasteiger partial charge in [0.05, 0.1) is 11.2 Å². The SMILES string of the molecule is Cc1ccc([N+](=O)[O-])c(N(C)S(C)(=O)=O)c1F. The zero-order valence-electron chi connectivity index (χ0n) is 9.47. The zero-order chi connectivity index (χ0) is 13.4. The summed E-state index contributed by atoms with van der Waals surface area (Å²) in [5.74, 6) is -0.910. The van der Waals surface area contributed by atoms with Gasteiger partial charge in [-0.2, -0.15) is 0 Å². The molecule has 0 saturated heterocycles. The van der Waals surface area contributed by atoms with Crippen molar-refractivity contribution in [1.82, 2.24) is 0 Å². The van der Waals surface area contributed by atoms with Crippen molar-refractivity contribution in [2.75, 3.05) is 17.6 Å². The summed E-state index contributed by atoms with van der Waals surface area (Å²) in [7, 11) is -2.69. The van der Waals surface area contributed by atoms with Crippen LogP contribution in [0, 0.1) is 22.9 Å². The third-order valence-corrected chi connectivity index (χ3v) is 3.47. The number of benzene rings is 1. The highest BCUT2D eigenvalue weighted by atomic mass is 32.2. The molecule has 0 radical (unpaired) electrons. The Hall–Kier alpha value is -1.70. The van der Waals surface area contributed by atoms with E-state index >= 15 is 0 Å². The minimum atomic E-state index is -3.76. The lowest BCUT2D eigenvalue weighted by Gasteiger charge is -2.17. The highest BCUT2D eigenvalue weighted by Crippen LogP contribution is 2.33. The van der Waals surface area contributed by atoms with E-state index in [0.29, 0.717) is 4.31 Å². The molecular weight excluding hydrogens is 251 g/mol. The number of hydrogen-bond donors (Lipinski definition) is 0. The second-order valence-electron chi connectivity index (χ2n) is 3.55. The standard InChI is InChI=1S/C9H11FN2O4S/c1-6-4-5-7(12(13)14)9(8(6)10)11(2)17(3,15)16/h4-5H,1-3H3. The fourth-order valence-corrected chi connectivity index (χ4v) is 1.77. The van der Waals surface area contributed by atoms with E-state index < -0.39 is 32.1 Å². The molecule has 6 nitrogen and oxygen atoms in total. The summed E-state index contributed by atoms with van der Waals surface area (Å²) in [5.41, 5.74) is -0.986. The zero-order valence-corrected chi connectivity index (χ0v) is 10.3. The van der Waals surface area contributed by atoms with Gasteiger partial charge in [-0.1, -0.05) is 0 Å². The molecule has 0 aromatic heterocycles. The number of nitrogens with zero attached hydrogens (tertiary/aromatic N) is 2. The maximum absolute atomic E-state index is 13.8. The summed E-state index contributed by atoms with van der Waals surface area (Å²) < 4.78 is 37.0. The van der Waals surface area contributed by atoms with Gasteiger partial charge in [0.25, 0.3) is 5.69 Å². The van der Waals surface area contributed by atoms with Gasteiger partial charge in [0.1, 0.15) is 0 Å². The number of halogens is 1. The van der Waals surface area contributed by atoms with E-state index in [1.807, 2.05) is 0 Å². The summed E-state index contributed by atoms with van der Waals surface area (Å²) in [6.07, 6.45) is 0.846. The van der Waals surface area contributed by atoms with Crippen LogP contribution in [0.3, 0.4) is 0 Å². The lowest BCUT2D eigenvalue weighted by Crippen LogP contribution is -2.26. The van der Waals surface area contributed by atoms with E-state index in [0.717, 1.165) is 19.4 Å². The molecule has 0 bridgehead atoms. The van der Waals surface area contributed by atoms with Gasteiger partial charge in [0.15, 0.2) is 11.5 Å². The van der Waals surface area contributed by atoms with Gasteiger partial charge < -0.3 is 0 Å². The molecule has 0 N–H and O–H groups in total. The van der Waals surface area contributed by atoms with Crippen LogP contribution in [0.1, 0.15) is 5.56 Å². The van der Waals surface area contributed by atoms with Crippen LogP contribution in [0.25, 0.3) is 0 Å². The molecule has 17 heavy (non-hydrogen) atoms. The van der Waals surface area contributed by atoms with Crippen molar-refractivity contribution in [1.29, 1.82) is 0 Å². The molecule has 0 aliphatic heterocycles. The number of nitro groups is 1. The van der Waals surface area contributed by atoms with E-state index in [4.69, 9.17) is 0 Å². The molecule has 1 rings (SSSR count). The summed E-state index contributed by atoms with van der Waals surface area (Å²) >= 11 is 0. The van der Waals surface area contributed by atoms with Crippen molar-refractivity contribution in [3.8, 4) is 0 Å². The van der Waals surface area contributed by atoms with Gasteiger partial charge in [-0.3, -0.25) is 14.4 Å². The first-order chi connectivity index (χ1) is 7.66. The van der Waals surface area contributed by atoms with Crippen LogP contribution >= 0.6 is 0 Å². The Balaban J connectivity index is 3.60. The van der Waals surface area contributed by atoms with Crippen LogP contribution in [0.15, 0.2) is 12.1 Å². The Morgan fingerprint density at radius 2 is 1.94 bits per heavy atom. The number of aryl methyl sites for hydroxylation is 1. The molecule has 0 aliphatic carbocycles. The molecule has 1 aromatic rings. The maximum atomic E-state index is 13.8. The van der Waals surface area contributed by atoms with Crippen LogP contribution in [-0.4, -0.2) is 26.6 Å². The predicted octanol–water partition coefficient (Wildman–Crippen LogP) is 1.44. The number of hydrogen-bond acceptors (Lipinski definition) is 4. The van der Waals surface area contributed by atoms with E-state index in [9.17, 15) is 22.9 Å². The average Bonchev–Trinajstić information content (AvgIpc) is 2.19. The van der Waals surface area contributed by atoms with Gasteiger partial charge in [-0.05, 0) is 18.6 Å². The first kappa shape index (κ1) is 13.4. The van der Waals surface area contributed by atoms with Gasteiger partial charge in [-0.25, -0.2) is 12.8 Å². The number of anilines is 1. The van der Waals surface area contributed by atoms with Crippen molar-refractivity contribution in [3.05, 3.63) is 33.6 Å². The minimum Gasteiger partial charge on any atom is -0.264 e. The molecule has 8 heteroatoms. The van der Waals surface area contributed by atoms with Crippen molar-refractivity contribution >= 4 is 21.4 Å². The van der Waals surface area contributed by atoms with Crippen LogP contribution < -0.4 is 4.31 Å². The van der Waals surface area contributed by atoms with Crippen molar-refractivity contribution in [2.45, 2.75) is 6.92 Å². The normalized spacial score (nSPS) is 11.3. The largest absolute Gasteiger partial charge is 0.296 e. The van der Waals surface area contributed by atoms with Gasteiger partial charge in [0, 0.05) is 13.1 Å². The van der Waals surface area contributed by atoms with Crippen LogP contribution in [0.5, 0.6) is 0 Å². The molecule has 0 saturated carbocycles. The fourth-order valence-electron chi connectivity index (χ4n) is 1.27. The third kappa shape index (κ3) is 2.52. The molecule has 0 aliphatic rings. The van der Waals surface area contributed by atoms with Gasteiger partial charge in [-0.15, -0.1) is 0 Å². The van der Waals surface area contributed by atoms with Gasteiger partial charge >= 0.3 is 0 Å². The number of sulfonamides is 1. The molecule has 0 amide bonds.